The van der Waals surface area contributed by atoms with Gasteiger partial charge in [-0.15, -0.1) is 0 Å². The molecule has 0 bridgehead atoms. The highest BCUT2D eigenvalue weighted by atomic mass is 16.5. The van der Waals surface area contributed by atoms with Gasteiger partial charge in [-0.1, -0.05) is 18.0 Å². The van der Waals surface area contributed by atoms with Gasteiger partial charge in [-0.2, -0.15) is 0 Å². The largest absolute Gasteiger partial charge is 0.480 e. The minimum absolute atomic E-state index is 0.375. The van der Waals surface area contributed by atoms with Crippen molar-refractivity contribution in [2.24, 2.45) is 5.92 Å². The van der Waals surface area contributed by atoms with Crippen LogP contribution in [-0.4, -0.2) is 33.2 Å². The van der Waals surface area contributed by atoms with E-state index in [1.54, 1.807) is 0 Å². The van der Waals surface area contributed by atoms with E-state index < -0.39 is 5.97 Å². The second-order valence-corrected chi connectivity index (χ2v) is 6.15. The van der Waals surface area contributed by atoms with Gasteiger partial charge in [-0.05, 0) is 38.5 Å². The van der Waals surface area contributed by atoms with Crippen LogP contribution in [0.3, 0.4) is 0 Å². The number of aromatic nitrogens is 1. The molecule has 0 radical (unpaired) electrons. The average molecular weight is 278 g/mol. The van der Waals surface area contributed by atoms with Gasteiger partial charge in [0.05, 0.1) is 12.2 Å². The van der Waals surface area contributed by atoms with Crippen LogP contribution in [0.2, 0.25) is 0 Å². The van der Waals surface area contributed by atoms with Crippen LogP contribution in [-0.2, 0) is 11.3 Å². The smallest absolute Gasteiger partial charge is 0.320 e. The SMILES string of the molecule is Cc1cc(CN2C(C(=O)O)CCC3CCCCC32)on1. The molecule has 1 aliphatic heterocycles. The zero-order valence-electron chi connectivity index (χ0n) is 11.9. The number of aliphatic carboxylic acids is 1. The quantitative estimate of drug-likeness (QED) is 0.920. The molecule has 1 N–H and O–H groups in total. The summed E-state index contributed by atoms with van der Waals surface area (Å²) in [7, 11) is 0. The Bertz CT molecular complexity index is 485. The molecule has 2 fully saturated rings. The van der Waals surface area contributed by atoms with Gasteiger partial charge >= 0.3 is 5.97 Å². The van der Waals surface area contributed by atoms with E-state index in [1.807, 2.05) is 13.0 Å². The molecular formula is C15H22N2O3. The molecule has 5 nitrogen and oxygen atoms in total. The summed E-state index contributed by atoms with van der Waals surface area (Å²) in [4.78, 5) is 13.7. The van der Waals surface area contributed by atoms with Crippen LogP contribution >= 0.6 is 0 Å². The van der Waals surface area contributed by atoms with Gasteiger partial charge in [-0.25, -0.2) is 0 Å². The second kappa shape index (κ2) is 5.56. The van der Waals surface area contributed by atoms with Crippen molar-refractivity contribution in [1.29, 1.82) is 0 Å². The normalized spacial score (nSPS) is 30.9. The summed E-state index contributed by atoms with van der Waals surface area (Å²) in [6.45, 7) is 2.46. The summed E-state index contributed by atoms with van der Waals surface area (Å²) in [6, 6.07) is 1.93. The molecule has 0 amide bonds. The molecule has 0 aromatic carbocycles. The Morgan fingerprint density at radius 2 is 2.20 bits per heavy atom. The number of piperidine rings is 1. The van der Waals surface area contributed by atoms with Crippen molar-refractivity contribution in [2.75, 3.05) is 0 Å². The molecular weight excluding hydrogens is 256 g/mol. The van der Waals surface area contributed by atoms with Crippen LogP contribution in [0.5, 0.6) is 0 Å². The second-order valence-electron chi connectivity index (χ2n) is 6.15. The molecule has 3 unspecified atom stereocenters. The number of carboxylic acids is 1. The van der Waals surface area contributed by atoms with Gasteiger partial charge in [0.25, 0.3) is 0 Å². The first-order valence-corrected chi connectivity index (χ1v) is 7.56. The zero-order chi connectivity index (χ0) is 14.1. The summed E-state index contributed by atoms with van der Waals surface area (Å²) in [5, 5.41) is 13.4. The van der Waals surface area contributed by atoms with Crippen LogP contribution in [0, 0.1) is 12.8 Å². The minimum atomic E-state index is -0.703. The highest BCUT2D eigenvalue weighted by molar-refractivity contribution is 5.73. The maximum atomic E-state index is 11.5. The van der Waals surface area contributed by atoms with E-state index >= 15 is 0 Å². The molecule has 2 heterocycles. The van der Waals surface area contributed by atoms with Crippen LogP contribution in [0.1, 0.15) is 50.0 Å². The fourth-order valence-electron chi connectivity index (χ4n) is 3.89. The van der Waals surface area contributed by atoms with E-state index in [-0.39, 0.29) is 6.04 Å². The molecule has 3 atom stereocenters. The van der Waals surface area contributed by atoms with Crippen molar-refractivity contribution in [1.82, 2.24) is 10.1 Å². The van der Waals surface area contributed by atoms with Gasteiger partial charge in [0, 0.05) is 12.1 Å². The first-order chi connectivity index (χ1) is 9.65. The molecule has 1 saturated heterocycles. The first-order valence-electron chi connectivity index (χ1n) is 7.56. The molecule has 110 valence electrons. The van der Waals surface area contributed by atoms with Crippen molar-refractivity contribution in [3.8, 4) is 0 Å². The predicted octanol–water partition coefficient (Wildman–Crippen LogP) is 2.59. The summed E-state index contributed by atoms with van der Waals surface area (Å²) in [5.74, 6) is 0.730. The minimum Gasteiger partial charge on any atom is -0.480 e. The molecule has 1 aromatic rings. The average Bonchev–Trinajstić information content (AvgIpc) is 2.84. The standard InChI is InChI=1S/C15H22N2O3/c1-10-8-12(20-16-10)9-17-13-5-3-2-4-11(13)6-7-14(17)15(18)19/h8,11,13-14H,2-7,9H2,1H3,(H,18,19). The number of rotatable bonds is 3. The number of nitrogens with zero attached hydrogens (tertiary/aromatic N) is 2. The fraction of sp³-hybridized carbons (Fsp3) is 0.733. The number of hydrogen-bond donors (Lipinski definition) is 1. The van der Waals surface area contributed by atoms with Crippen molar-refractivity contribution < 1.29 is 14.4 Å². The van der Waals surface area contributed by atoms with Crippen LogP contribution < -0.4 is 0 Å². The lowest BCUT2D eigenvalue weighted by atomic mass is 9.76. The molecule has 1 aromatic heterocycles. The number of hydrogen-bond acceptors (Lipinski definition) is 4. The van der Waals surface area contributed by atoms with Crippen LogP contribution in [0.25, 0.3) is 0 Å². The molecule has 0 spiro atoms. The molecule has 2 aliphatic rings. The van der Waals surface area contributed by atoms with Gasteiger partial charge < -0.3 is 9.63 Å². The van der Waals surface area contributed by atoms with Gasteiger partial charge in [0.1, 0.15) is 6.04 Å². The summed E-state index contributed by atoms with van der Waals surface area (Å²) in [6.07, 6.45) is 6.65. The Kier molecular flexibility index (Phi) is 3.78. The van der Waals surface area contributed by atoms with Gasteiger partial charge in [-0.3, -0.25) is 9.69 Å². The van der Waals surface area contributed by atoms with E-state index in [0.717, 1.165) is 30.7 Å². The van der Waals surface area contributed by atoms with Crippen molar-refractivity contribution in [2.45, 2.75) is 64.1 Å². The number of fused-ring (bicyclic) bond motifs is 1. The number of carboxylic acid groups (broad SMARTS) is 1. The summed E-state index contributed by atoms with van der Waals surface area (Å²) < 4.78 is 5.29. The Hall–Kier alpha value is -1.36. The van der Waals surface area contributed by atoms with E-state index in [4.69, 9.17) is 4.52 Å². The Morgan fingerprint density at radius 3 is 2.90 bits per heavy atom. The molecule has 3 rings (SSSR count). The van der Waals surface area contributed by atoms with Crippen LogP contribution in [0.15, 0.2) is 10.6 Å². The lowest BCUT2D eigenvalue weighted by Crippen LogP contribution is -2.54. The highest BCUT2D eigenvalue weighted by Gasteiger charge is 2.41. The molecule has 1 aliphatic carbocycles. The Morgan fingerprint density at radius 1 is 1.40 bits per heavy atom. The van der Waals surface area contributed by atoms with Crippen molar-refractivity contribution >= 4 is 5.97 Å². The molecule has 20 heavy (non-hydrogen) atoms. The van der Waals surface area contributed by atoms with Crippen molar-refractivity contribution in [3.63, 3.8) is 0 Å². The van der Waals surface area contributed by atoms with Gasteiger partial charge in [0.15, 0.2) is 5.76 Å². The topological polar surface area (TPSA) is 66.6 Å². The molecule has 1 saturated carbocycles. The Balaban J connectivity index is 1.81. The Labute approximate surface area is 118 Å². The van der Waals surface area contributed by atoms with E-state index in [0.29, 0.717) is 18.5 Å². The lowest BCUT2D eigenvalue weighted by Gasteiger charge is -2.46. The van der Waals surface area contributed by atoms with E-state index in [1.165, 1.54) is 19.3 Å². The first kappa shape index (κ1) is 13.6. The lowest BCUT2D eigenvalue weighted by molar-refractivity contribution is -0.148. The maximum absolute atomic E-state index is 11.5. The molecule has 5 heteroatoms. The fourth-order valence-corrected chi connectivity index (χ4v) is 3.89. The third kappa shape index (κ3) is 2.59. The maximum Gasteiger partial charge on any atom is 0.320 e. The third-order valence-corrected chi connectivity index (χ3v) is 4.81. The number of aryl methyl sites for hydroxylation is 1. The number of carbonyl (C=O) groups is 1. The van der Waals surface area contributed by atoms with Crippen molar-refractivity contribution in [3.05, 3.63) is 17.5 Å². The highest BCUT2D eigenvalue weighted by Crippen LogP contribution is 2.38. The monoisotopic (exact) mass is 278 g/mol. The van der Waals surface area contributed by atoms with E-state index in [2.05, 4.69) is 10.1 Å². The summed E-state index contributed by atoms with van der Waals surface area (Å²) >= 11 is 0. The summed E-state index contributed by atoms with van der Waals surface area (Å²) in [5.41, 5.74) is 0.851. The number of likely N-dealkylation sites (tertiary alicyclic amines) is 1. The van der Waals surface area contributed by atoms with Gasteiger partial charge in [0.2, 0.25) is 0 Å². The van der Waals surface area contributed by atoms with E-state index in [9.17, 15) is 9.90 Å². The predicted molar refractivity (Wildman–Crippen MR) is 73.2 cm³/mol. The zero-order valence-corrected chi connectivity index (χ0v) is 11.9. The van der Waals surface area contributed by atoms with Crippen LogP contribution in [0.4, 0.5) is 0 Å². The third-order valence-electron chi connectivity index (χ3n) is 4.81.